The van der Waals surface area contributed by atoms with Gasteiger partial charge >= 0.3 is 5.97 Å². The van der Waals surface area contributed by atoms with Gasteiger partial charge in [0.15, 0.2) is 0 Å². The Morgan fingerprint density at radius 2 is 2.13 bits per heavy atom. The van der Waals surface area contributed by atoms with Crippen LogP contribution in [0.5, 0.6) is 0 Å². The molecule has 0 saturated heterocycles. The molecule has 5 nitrogen and oxygen atoms in total. The molecule has 0 bridgehead atoms. The minimum absolute atomic E-state index is 0.143. The Hall–Kier alpha value is -1.43. The van der Waals surface area contributed by atoms with E-state index in [1.54, 1.807) is 10.6 Å². The summed E-state index contributed by atoms with van der Waals surface area (Å²) in [5.41, 5.74) is -0.143. The molecule has 0 saturated carbocycles. The van der Waals surface area contributed by atoms with Crippen LogP contribution in [0.25, 0.3) is 4.96 Å². The maximum absolute atomic E-state index is 10.8. The second kappa shape index (κ2) is 3.03. The zero-order valence-electron chi connectivity index (χ0n) is 8.68. The van der Waals surface area contributed by atoms with Crippen LogP contribution in [0.15, 0.2) is 6.20 Å². The quantitative estimate of drug-likeness (QED) is 0.803. The van der Waals surface area contributed by atoms with Crippen LogP contribution in [-0.4, -0.2) is 25.7 Å². The van der Waals surface area contributed by atoms with Gasteiger partial charge in [0.1, 0.15) is 10.7 Å². The molecule has 0 radical (unpaired) electrons. The van der Waals surface area contributed by atoms with Crippen molar-refractivity contribution in [1.82, 2.24) is 14.6 Å². The van der Waals surface area contributed by atoms with Crippen LogP contribution in [0.4, 0.5) is 0 Å². The van der Waals surface area contributed by atoms with E-state index in [0.717, 1.165) is 17.2 Å². The van der Waals surface area contributed by atoms with Crippen LogP contribution >= 0.6 is 11.3 Å². The Morgan fingerprint density at radius 3 is 2.67 bits per heavy atom. The van der Waals surface area contributed by atoms with Gasteiger partial charge in [-0.25, -0.2) is 4.79 Å². The molecule has 0 unspecified atom stereocenters. The average molecular weight is 225 g/mol. The minimum atomic E-state index is -0.926. The number of rotatable bonds is 1. The molecule has 0 atom stereocenters. The molecule has 0 spiro atoms. The number of aromatic nitrogens is 3. The summed E-state index contributed by atoms with van der Waals surface area (Å²) in [4.78, 5) is 11.7. The Kier molecular flexibility index (Phi) is 2.04. The Morgan fingerprint density at radius 1 is 1.47 bits per heavy atom. The van der Waals surface area contributed by atoms with E-state index in [4.69, 9.17) is 5.11 Å². The molecular weight excluding hydrogens is 214 g/mol. The SMILES string of the molecule is CC(C)(C)c1nnc2sc(C(=O)O)cn12. The summed E-state index contributed by atoms with van der Waals surface area (Å²) in [5, 5.41) is 16.9. The summed E-state index contributed by atoms with van der Waals surface area (Å²) in [6.45, 7) is 6.05. The number of nitrogens with zero attached hydrogens (tertiary/aromatic N) is 3. The standard InChI is InChI=1S/C9H11N3O2S/c1-9(2,3)7-10-11-8-12(7)4-5(15-8)6(13)14/h4H,1-3H3,(H,13,14). The van der Waals surface area contributed by atoms with Crippen molar-refractivity contribution in [2.45, 2.75) is 26.2 Å². The van der Waals surface area contributed by atoms with Crippen molar-refractivity contribution >= 4 is 22.3 Å². The molecule has 0 aliphatic carbocycles. The van der Waals surface area contributed by atoms with Crippen LogP contribution in [0.2, 0.25) is 0 Å². The lowest BCUT2D eigenvalue weighted by molar-refractivity contribution is 0.0701. The molecule has 6 heteroatoms. The first-order valence-electron chi connectivity index (χ1n) is 4.48. The first-order chi connectivity index (χ1) is 6.89. The third-order valence-electron chi connectivity index (χ3n) is 1.99. The number of thiazole rings is 1. The first kappa shape index (κ1) is 10.1. The number of carboxylic acids is 1. The van der Waals surface area contributed by atoms with Crippen LogP contribution in [-0.2, 0) is 5.41 Å². The van der Waals surface area contributed by atoms with E-state index in [-0.39, 0.29) is 10.3 Å². The van der Waals surface area contributed by atoms with Gasteiger partial charge in [0, 0.05) is 11.6 Å². The Labute approximate surface area is 90.4 Å². The molecule has 0 aliphatic rings. The van der Waals surface area contributed by atoms with Crippen molar-refractivity contribution < 1.29 is 9.90 Å². The zero-order chi connectivity index (χ0) is 11.2. The van der Waals surface area contributed by atoms with Gasteiger partial charge in [0.05, 0.1) is 0 Å². The van der Waals surface area contributed by atoms with E-state index in [0.29, 0.717) is 4.96 Å². The minimum Gasteiger partial charge on any atom is -0.477 e. The first-order valence-corrected chi connectivity index (χ1v) is 5.29. The summed E-state index contributed by atoms with van der Waals surface area (Å²) >= 11 is 1.13. The third kappa shape index (κ3) is 1.61. The highest BCUT2D eigenvalue weighted by Gasteiger charge is 2.23. The molecule has 15 heavy (non-hydrogen) atoms. The lowest BCUT2D eigenvalue weighted by atomic mass is 9.96. The smallest absolute Gasteiger partial charge is 0.347 e. The van der Waals surface area contributed by atoms with Gasteiger partial charge in [-0.15, -0.1) is 10.2 Å². The van der Waals surface area contributed by atoms with Gasteiger partial charge in [-0.05, 0) is 0 Å². The third-order valence-corrected chi connectivity index (χ3v) is 2.95. The second-order valence-electron chi connectivity index (χ2n) is 4.33. The topological polar surface area (TPSA) is 67.5 Å². The predicted molar refractivity (Wildman–Crippen MR) is 56.5 cm³/mol. The molecule has 0 fully saturated rings. The number of carboxylic acid groups (broad SMARTS) is 1. The average Bonchev–Trinajstić information content (AvgIpc) is 2.56. The highest BCUT2D eigenvalue weighted by Crippen LogP contribution is 2.24. The molecule has 80 valence electrons. The maximum atomic E-state index is 10.8. The second-order valence-corrected chi connectivity index (χ2v) is 5.34. The van der Waals surface area contributed by atoms with Gasteiger partial charge in [-0.1, -0.05) is 32.1 Å². The van der Waals surface area contributed by atoms with Crippen LogP contribution < -0.4 is 0 Å². The molecule has 2 rings (SSSR count). The number of aromatic carboxylic acids is 1. The summed E-state index contributed by atoms with van der Waals surface area (Å²) in [7, 11) is 0. The lowest BCUT2D eigenvalue weighted by Crippen LogP contribution is -2.15. The number of carbonyl (C=O) groups is 1. The van der Waals surface area contributed by atoms with E-state index in [9.17, 15) is 4.79 Å². The van der Waals surface area contributed by atoms with Gasteiger partial charge in [0.2, 0.25) is 4.96 Å². The fourth-order valence-electron chi connectivity index (χ4n) is 1.32. The van der Waals surface area contributed by atoms with Gasteiger partial charge in [-0.3, -0.25) is 4.40 Å². The largest absolute Gasteiger partial charge is 0.477 e. The predicted octanol–water partition coefficient (Wildman–Crippen LogP) is 1.79. The Bertz CT molecular complexity index is 521. The van der Waals surface area contributed by atoms with Gasteiger partial charge in [-0.2, -0.15) is 0 Å². The summed E-state index contributed by atoms with van der Waals surface area (Å²) in [6, 6.07) is 0. The maximum Gasteiger partial charge on any atom is 0.347 e. The van der Waals surface area contributed by atoms with E-state index < -0.39 is 5.97 Å². The van der Waals surface area contributed by atoms with Crippen molar-refractivity contribution in [2.75, 3.05) is 0 Å². The molecule has 2 aromatic heterocycles. The van der Waals surface area contributed by atoms with Crippen molar-refractivity contribution in [3.63, 3.8) is 0 Å². The number of fused-ring (bicyclic) bond motifs is 1. The van der Waals surface area contributed by atoms with Crippen molar-refractivity contribution in [2.24, 2.45) is 0 Å². The fourth-order valence-corrected chi connectivity index (χ4v) is 2.08. The molecule has 2 heterocycles. The summed E-state index contributed by atoms with van der Waals surface area (Å²) in [5.74, 6) is -0.147. The number of hydrogen-bond acceptors (Lipinski definition) is 4. The normalized spacial score (nSPS) is 12.2. The lowest BCUT2D eigenvalue weighted by Gasteiger charge is -2.14. The van der Waals surface area contributed by atoms with E-state index in [1.165, 1.54) is 0 Å². The molecule has 2 aromatic rings. The summed E-state index contributed by atoms with van der Waals surface area (Å²) < 4.78 is 1.74. The van der Waals surface area contributed by atoms with E-state index in [1.807, 2.05) is 20.8 Å². The van der Waals surface area contributed by atoms with Crippen LogP contribution in [0.1, 0.15) is 36.3 Å². The fraction of sp³-hybridized carbons (Fsp3) is 0.444. The highest BCUT2D eigenvalue weighted by molar-refractivity contribution is 7.18. The molecule has 0 amide bonds. The molecular formula is C9H11N3O2S. The zero-order valence-corrected chi connectivity index (χ0v) is 9.50. The van der Waals surface area contributed by atoms with Gasteiger partial charge < -0.3 is 5.11 Å². The Balaban J connectivity index is 2.64. The van der Waals surface area contributed by atoms with Crippen molar-refractivity contribution in [3.05, 3.63) is 16.9 Å². The molecule has 0 aliphatic heterocycles. The highest BCUT2D eigenvalue weighted by atomic mass is 32.1. The van der Waals surface area contributed by atoms with Gasteiger partial charge in [0.25, 0.3) is 0 Å². The van der Waals surface area contributed by atoms with E-state index >= 15 is 0 Å². The summed E-state index contributed by atoms with van der Waals surface area (Å²) in [6.07, 6.45) is 1.57. The molecule has 0 aromatic carbocycles. The molecule has 1 N–H and O–H groups in total. The number of hydrogen-bond donors (Lipinski definition) is 1. The van der Waals surface area contributed by atoms with Crippen molar-refractivity contribution in [3.8, 4) is 0 Å². The van der Waals surface area contributed by atoms with E-state index in [2.05, 4.69) is 10.2 Å². The van der Waals surface area contributed by atoms with Crippen molar-refractivity contribution in [1.29, 1.82) is 0 Å². The van der Waals surface area contributed by atoms with Crippen LogP contribution in [0, 0.1) is 0 Å². The van der Waals surface area contributed by atoms with Crippen LogP contribution in [0.3, 0.4) is 0 Å². The monoisotopic (exact) mass is 225 g/mol.